The predicted molar refractivity (Wildman–Crippen MR) is 87.6 cm³/mol. The van der Waals surface area contributed by atoms with Gasteiger partial charge in [0, 0.05) is 13.1 Å². The molecule has 1 amide bonds. The quantitative estimate of drug-likeness (QED) is 0.835. The van der Waals surface area contributed by atoms with Gasteiger partial charge >= 0.3 is 0 Å². The van der Waals surface area contributed by atoms with E-state index in [0.29, 0.717) is 25.4 Å². The fourth-order valence-corrected chi connectivity index (χ4v) is 2.74. The van der Waals surface area contributed by atoms with Gasteiger partial charge in [0.1, 0.15) is 11.1 Å². The summed E-state index contributed by atoms with van der Waals surface area (Å²) < 4.78 is 12.3. The number of carbonyl (C=O) groups is 1. The first kappa shape index (κ1) is 16.7. The zero-order valence-electron chi connectivity index (χ0n) is 13.2. The normalized spacial score (nSPS) is 17.7. The Hall–Kier alpha value is -2.16. The van der Waals surface area contributed by atoms with E-state index in [1.165, 1.54) is 4.68 Å². The second kappa shape index (κ2) is 7.16. The fraction of sp³-hybridized carbons (Fsp3) is 0.400. The number of amides is 1. The lowest BCUT2D eigenvalue weighted by Gasteiger charge is -2.23. The van der Waals surface area contributed by atoms with E-state index in [9.17, 15) is 4.79 Å². The number of carbonyl (C=O) groups excluding carboxylic acids is 1. The van der Waals surface area contributed by atoms with Crippen LogP contribution in [0.15, 0.2) is 18.3 Å². The van der Waals surface area contributed by atoms with E-state index < -0.39 is 5.91 Å². The summed E-state index contributed by atoms with van der Waals surface area (Å²) in [7, 11) is 0. The highest BCUT2D eigenvalue weighted by Gasteiger charge is 2.23. The first-order valence-corrected chi connectivity index (χ1v) is 7.99. The van der Waals surface area contributed by atoms with Crippen molar-refractivity contribution >= 4 is 17.5 Å². The average Bonchev–Trinajstić information content (AvgIpc) is 2.93. The summed E-state index contributed by atoms with van der Waals surface area (Å²) in [6.07, 6.45) is 1.50. The van der Waals surface area contributed by atoms with Crippen LogP contribution in [0.4, 0.5) is 0 Å². The molecule has 0 saturated carbocycles. The van der Waals surface area contributed by atoms with Crippen molar-refractivity contribution in [1.29, 1.82) is 0 Å². The second-order valence-electron chi connectivity index (χ2n) is 5.18. The number of primary amides is 1. The molecule has 24 heavy (non-hydrogen) atoms. The van der Waals surface area contributed by atoms with Crippen molar-refractivity contribution in [3.05, 3.63) is 34.7 Å². The van der Waals surface area contributed by atoms with Gasteiger partial charge in [0.25, 0.3) is 11.8 Å². The summed E-state index contributed by atoms with van der Waals surface area (Å²) in [4.78, 5) is 16.1. The molecule has 3 N–H and O–H groups in total. The van der Waals surface area contributed by atoms with E-state index in [0.717, 1.165) is 12.2 Å². The number of pyridine rings is 1. The lowest BCUT2D eigenvalue weighted by Crippen LogP contribution is -2.33. The summed E-state index contributed by atoms with van der Waals surface area (Å²) in [6, 6.07) is 3.61. The molecule has 2 aromatic rings. The lowest BCUT2D eigenvalue weighted by molar-refractivity contribution is 0.0250. The second-order valence-corrected chi connectivity index (χ2v) is 5.56. The minimum atomic E-state index is -0.692. The molecule has 2 aromatic heterocycles. The van der Waals surface area contributed by atoms with E-state index in [-0.39, 0.29) is 22.7 Å². The van der Waals surface area contributed by atoms with Crippen LogP contribution in [0.1, 0.15) is 29.2 Å². The first-order valence-electron chi connectivity index (χ1n) is 7.61. The molecule has 0 bridgehead atoms. The van der Waals surface area contributed by atoms with Crippen molar-refractivity contribution in [2.45, 2.75) is 13.0 Å². The highest BCUT2D eigenvalue weighted by molar-refractivity contribution is 6.34. The number of morpholine rings is 1. The van der Waals surface area contributed by atoms with Gasteiger partial charge < -0.3 is 20.5 Å². The number of nitrogens with one attached hydrogen (secondary N) is 1. The number of ether oxygens (including phenoxy) is 2. The third-order valence-corrected chi connectivity index (χ3v) is 3.93. The molecule has 0 radical (unpaired) electrons. The molecule has 0 aliphatic carbocycles. The summed E-state index contributed by atoms with van der Waals surface area (Å²) >= 11 is 6.15. The van der Waals surface area contributed by atoms with E-state index in [4.69, 9.17) is 26.8 Å². The van der Waals surface area contributed by atoms with Crippen molar-refractivity contribution in [1.82, 2.24) is 20.1 Å². The van der Waals surface area contributed by atoms with Gasteiger partial charge in [-0.25, -0.2) is 4.68 Å². The number of rotatable bonds is 5. The topological polar surface area (TPSA) is 104 Å². The van der Waals surface area contributed by atoms with Gasteiger partial charge in [0.2, 0.25) is 0 Å². The Morgan fingerprint density at radius 3 is 3.00 bits per heavy atom. The van der Waals surface area contributed by atoms with Gasteiger partial charge in [0.15, 0.2) is 5.69 Å². The van der Waals surface area contributed by atoms with Crippen LogP contribution in [-0.4, -0.2) is 47.0 Å². The Labute approximate surface area is 143 Å². The van der Waals surface area contributed by atoms with E-state index >= 15 is 0 Å². The van der Waals surface area contributed by atoms with Crippen LogP contribution in [0.5, 0.6) is 5.88 Å². The number of halogens is 1. The Morgan fingerprint density at radius 1 is 1.58 bits per heavy atom. The molecule has 1 aliphatic heterocycles. The third kappa shape index (κ3) is 3.21. The van der Waals surface area contributed by atoms with Crippen LogP contribution in [0, 0.1) is 0 Å². The van der Waals surface area contributed by atoms with Gasteiger partial charge in [-0.3, -0.25) is 9.78 Å². The molecule has 0 aromatic carbocycles. The molecule has 1 saturated heterocycles. The number of hydrogen-bond donors (Lipinski definition) is 2. The average molecular weight is 352 g/mol. The molecule has 8 nitrogen and oxygen atoms in total. The molecule has 0 unspecified atom stereocenters. The Morgan fingerprint density at radius 2 is 2.42 bits per heavy atom. The molecule has 1 atom stereocenters. The van der Waals surface area contributed by atoms with Gasteiger partial charge in [-0.2, -0.15) is 0 Å². The van der Waals surface area contributed by atoms with Gasteiger partial charge in [0.05, 0.1) is 30.8 Å². The van der Waals surface area contributed by atoms with Crippen molar-refractivity contribution in [3.63, 3.8) is 0 Å². The van der Waals surface area contributed by atoms with Crippen molar-refractivity contribution < 1.29 is 14.3 Å². The monoisotopic (exact) mass is 351 g/mol. The highest BCUT2D eigenvalue weighted by atomic mass is 35.5. The third-order valence-electron chi connectivity index (χ3n) is 3.59. The van der Waals surface area contributed by atoms with E-state index in [1.807, 2.05) is 6.07 Å². The van der Waals surface area contributed by atoms with E-state index in [1.54, 1.807) is 19.2 Å². The molecule has 1 fully saturated rings. The molecule has 1 aliphatic rings. The Bertz CT molecular complexity index is 725. The molecular formula is C15H18ClN5O3. The summed E-state index contributed by atoms with van der Waals surface area (Å²) in [5.74, 6) is -0.529. The molecule has 9 heteroatoms. The molecule has 0 spiro atoms. The minimum Gasteiger partial charge on any atom is -0.476 e. The number of aromatic nitrogens is 3. The molecule has 3 heterocycles. The summed E-state index contributed by atoms with van der Waals surface area (Å²) in [5.41, 5.74) is 6.84. The number of hydrogen-bond acceptors (Lipinski definition) is 6. The highest BCUT2D eigenvalue weighted by Crippen LogP contribution is 2.29. The largest absolute Gasteiger partial charge is 0.476 e. The summed E-state index contributed by atoms with van der Waals surface area (Å²) in [6.45, 7) is 4.36. The first-order chi connectivity index (χ1) is 11.6. The van der Waals surface area contributed by atoms with Gasteiger partial charge in [-0.05, 0) is 19.1 Å². The molecule has 128 valence electrons. The minimum absolute atomic E-state index is 0.0604. The molecule has 3 rings (SSSR count). The van der Waals surface area contributed by atoms with E-state index in [2.05, 4.69) is 15.4 Å². The SMILES string of the molecule is CCOc1nn(-c2ccc([C@H]3CNCCO3)nc2)c(C(N)=O)c1Cl. The maximum atomic E-state index is 11.7. The predicted octanol–water partition coefficient (Wildman–Crippen LogP) is 1.08. The van der Waals surface area contributed by atoms with Crippen LogP contribution < -0.4 is 15.8 Å². The van der Waals surface area contributed by atoms with Gasteiger partial charge in [-0.15, -0.1) is 5.10 Å². The standard InChI is InChI=1S/C15H18ClN5O3/c1-2-23-15-12(16)13(14(17)22)21(20-15)9-3-4-10(19-7-9)11-8-18-5-6-24-11/h3-4,7,11,18H,2,5-6,8H2,1H3,(H2,17,22)/t11-/m1/s1. The lowest BCUT2D eigenvalue weighted by atomic mass is 10.2. The maximum Gasteiger partial charge on any atom is 0.269 e. The van der Waals surface area contributed by atoms with Crippen LogP contribution in [0.2, 0.25) is 5.02 Å². The Kier molecular flexibility index (Phi) is 4.98. The smallest absolute Gasteiger partial charge is 0.269 e. The van der Waals surface area contributed by atoms with Crippen molar-refractivity contribution in [2.75, 3.05) is 26.3 Å². The van der Waals surface area contributed by atoms with Crippen LogP contribution >= 0.6 is 11.6 Å². The Balaban J connectivity index is 1.93. The van der Waals surface area contributed by atoms with Crippen LogP contribution in [0.3, 0.4) is 0 Å². The molecular weight excluding hydrogens is 334 g/mol. The fourth-order valence-electron chi connectivity index (χ4n) is 2.48. The number of nitrogens with zero attached hydrogens (tertiary/aromatic N) is 3. The van der Waals surface area contributed by atoms with Crippen LogP contribution in [0.25, 0.3) is 5.69 Å². The zero-order chi connectivity index (χ0) is 17.1. The maximum absolute atomic E-state index is 11.7. The summed E-state index contributed by atoms with van der Waals surface area (Å²) in [5, 5.41) is 7.55. The zero-order valence-corrected chi connectivity index (χ0v) is 13.9. The van der Waals surface area contributed by atoms with Crippen LogP contribution in [-0.2, 0) is 4.74 Å². The van der Waals surface area contributed by atoms with Gasteiger partial charge in [-0.1, -0.05) is 11.6 Å². The van der Waals surface area contributed by atoms with Crippen molar-refractivity contribution in [2.24, 2.45) is 5.73 Å². The number of nitrogens with two attached hydrogens (primary N) is 1. The van der Waals surface area contributed by atoms with Crippen molar-refractivity contribution in [3.8, 4) is 11.6 Å².